The summed E-state index contributed by atoms with van der Waals surface area (Å²) in [4.78, 5) is 18.4. The van der Waals surface area contributed by atoms with Crippen LogP contribution in [0.2, 0.25) is 0 Å². The molecule has 18 heavy (non-hydrogen) atoms. The van der Waals surface area contributed by atoms with Crippen LogP contribution in [-0.2, 0) is 0 Å². The molecule has 2 aromatic heterocycles. The molecule has 0 unspecified atom stereocenters. The molecule has 0 spiro atoms. The molecule has 0 bridgehead atoms. The van der Waals surface area contributed by atoms with Gasteiger partial charge in [0, 0.05) is 12.4 Å². The quantitative estimate of drug-likeness (QED) is 0.902. The first-order chi connectivity index (χ1) is 8.59. The molecule has 0 aliphatic heterocycles. The van der Waals surface area contributed by atoms with Gasteiger partial charge in [-0.05, 0) is 25.1 Å². The summed E-state index contributed by atoms with van der Waals surface area (Å²) >= 11 is 0. The number of ether oxygens (including phenoxy) is 1. The molecule has 0 aliphatic rings. The molecule has 0 saturated heterocycles. The average molecular weight is 248 g/mol. The first-order valence-corrected chi connectivity index (χ1v) is 5.07. The van der Waals surface area contributed by atoms with Crippen molar-refractivity contribution in [3.8, 4) is 11.6 Å². The summed E-state index contributed by atoms with van der Waals surface area (Å²) in [7, 11) is 0. The van der Waals surface area contributed by atoms with Crippen molar-refractivity contribution >= 4 is 5.97 Å². The fourth-order valence-electron chi connectivity index (χ4n) is 1.34. The molecule has 2 rings (SSSR count). The Morgan fingerprint density at radius 1 is 1.33 bits per heavy atom. The number of aryl methyl sites for hydroxylation is 1. The Morgan fingerprint density at radius 3 is 2.78 bits per heavy atom. The molecular formula is C12H9FN2O3. The summed E-state index contributed by atoms with van der Waals surface area (Å²) in [6.07, 6.45) is 2.74. The molecule has 0 aromatic carbocycles. The van der Waals surface area contributed by atoms with Gasteiger partial charge in [0.2, 0.25) is 0 Å². The van der Waals surface area contributed by atoms with Crippen LogP contribution in [0.1, 0.15) is 16.1 Å². The van der Waals surface area contributed by atoms with Crippen molar-refractivity contribution in [2.75, 3.05) is 0 Å². The lowest BCUT2D eigenvalue weighted by molar-refractivity contribution is 0.0690. The third-order valence-corrected chi connectivity index (χ3v) is 2.25. The fourth-order valence-corrected chi connectivity index (χ4v) is 1.34. The van der Waals surface area contributed by atoms with Gasteiger partial charge in [-0.2, -0.15) is 0 Å². The smallest absolute Gasteiger partial charge is 0.338 e. The van der Waals surface area contributed by atoms with Gasteiger partial charge in [-0.1, -0.05) is 0 Å². The highest BCUT2D eigenvalue weighted by atomic mass is 19.1. The molecule has 0 fully saturated rings. The van der Waals surface area contributed by atoms with Crippen LogP contribution in [0, 0.1) is 12.7 Å². The molecule has 6 heteroatoms. The lowest BCUT2D eigenvalue weighted by Crippen LogP contribution is -2.04. The van der Waals surface area contributed by atoms with Crippen LogP contribution < -0.4 is 4.74 Å². The lowest BCUT2D eigenvalue weighted by Gasteiger charge is -2.08. The molecule has 0 radical (unpaired) electrons. The Kier molecular flexibility index (Phi) is 3.18. The van der Waals surface area contributed by atoms with Crippen LogP contribution >= 0.6 is 0 Å². The van der Waals surface area contributed by atoms with Gasteiger partial charge in [-0.15, -0.1) is 0 Å². The van der Waals surface area contributed by atoms with Crippen LogP contribution in [-0.4, -0.2) is 21.0 Å². The van der Waals surface area contributed by atoms with Crippen molar-refractivity contribution in [1.29, 1.82) is 0 Å². The zero-order valence-electron chi connectivity index (χ0n) is 9.42. The summed E-state index contributed by atoms with van der Waals surface area (Å²) in [5.74, 6) is -2.44. The number of rotatable bonds is 3. The van der Waals surface area contributed by atoms with E-state index in [1.165, 1.54) is 6.20 Å². The van der Waals surface area contributed by atoms with Gasteiger partial charge in [0.15, 0.2) is 11.6 Å². The van der Waals surface area contributed by atoms with Crippen molar-refractivity contribution in [2.45, 2.75) is 6.92 Å². The minimum atomic E-state index is -1.37. The maximum Gasteiger partial charge on any atom is 0.338 e. The molecule has 5 nitrogen and oxygen atoms in total. The second kappa shape index (κ2) is 4.79. The van der Waals surface area contributed by atoms with E-state index in [9.17, 15) is 9.18 Å². The summed E-state index contributed by atoms with van der Waals surface area (Å²) < 4.78 is 19.0. The number of carbonyl (C=O) groups is 1. The largest absolute Gasteiger partial charge is 0.478 e. The molecule has 0 amide bonds. The maximum atomic E-state index is 13.8. The van der Waals surface area contributed by atoms with Crippen molar-refractivity contribution in [3.63, 3.8) is 0 Å². The van der Waals surface area contributed by atoms with Crippen LogP contribution in [0.4, 0.5) is 4.39 Å². The van der Waals surface area contributed by atoms with Crippen LogP contribution in [0.25, 0.3) is 0 Å². The Hall–Kier alpha value is -2.50. The number of aromatic nitrogens is 2. The van der Waals surface area contributed by atoms with Gasteiger partial charge in [0.25, 0.3) is 5.88 Å². The van der Waals surface area contributed by atoms with E-state index in [0.717, 1.165) is 6.07 Å². The van der Waals surface area contributed by atoms with Gasteiger partial charge >= 0.3 is 5.97 Å². The van der Waals surface area contributed by atoms with E-state index in [2.05, 4.69) is 9.97 Å². The topological polar surface area (TPSA) is 72.3 Å². The van der Waals surface area contributed by atoms with Crippen molar-refractivity contribution in [2.24, 2.45) is 0 Å². The number of hydrogen-bond donors (Lipinski definition) is 1. The predicted octanol–water partition coefficient (Wildman–Crippen LogP) is 2.41. The summed E-state index contributed by atoms with van der Waals surface area (Å²) in [5, 5.41) is 8.78. The van der Waals surface area contributed by atoms with E-state index in [-0.39, 0.29) is 5.88 Å². The highest BCUT2D eigenvalue weighted by Crippen LogP contribution is 2.25. The highest BCUT2D eigenvalue weighted by molar-refractivity contribution is 5.88. The number of nitrogens with zero attached hydrogens (tertiary/aromatic N) is 2. The first-order valence-electron chi connectivity index (χ1n) is 5.07. The van der Waals surface area contributed by atoms with Crippen molar-refractivity contribution < 1.29 is 19.0 Å². The molecular weight excluding hydrogens is 239 g/mol. The van der Waals surface area contributed by atoms with Gasteiger partial charge in [-0.3, -0.25) is 4.98 Å². The number of hydrogen-bond acceptors (Lipinski definition) is 4. The second-order valence-corrected chi connectivity index (χ2v) is 3.47. The Morgan fingerprint density at radius 2 is 2.11 bits per heavy atom. The highest BCUT2D eigenvalue weighted by Gasteiger charge is 2.17. The van der Waals surface area contributed by atoms with E-state index in [1.54, 1.807) is 25.3 Å². The van der Waals surface area contributed by atoms with E-state index in [4.69, 9.17) is 9.84 Å². The standard InChI is InChI=1S/C12H9FN2O3/c1-7-9(3-2-5-14-7)18-11-10(13)8(12(16)17)4-6-15-11/h2-6H,1H3,(H,16,17). The normalized spacial score (nSPS) is 10.1. The van der Waals surface area contributed by atoms with Gasteiger partial charge in [-0.25, -0.2) is 14.2 Å². The Bertz CT molecular complexity index is 602. The first kappa shape index (κ1) is 12.0. The average Bonchev–Trinajstić information content (AvgIpc) is 2.34. The Balaban J connectivity index is 2.39. The fraction of sp³-hybridized carbons (Fsp3) is 0.0833. The van der Waals surface area contributed by atoms with Crippen molar-refractivity contribution in [3.05, 3.63) is 47.7 Å². The van der Waals surface area contributed by atoms with E-state index in [1.807, 2.05) is 0 Å². The van der Waals surface area contributed by atoms with E-state index >= 15 is 0 Å². The number of aromatic carboxylic acids is 1. The molecule has 0 aliphatic carbocycles. The summed E-state index contributed by atoms with van der Waals surface area (Å²) in [6.45, 7) is 1.69. The zero-order valence-corrected chi connectivity index (χ0v) is 9.42. The van der Waals surface area contributed by atoms with Gasteiger partial charge < -0.3 is 9.84 Å². The molecule has 92 valence electrons. The predicted molar refractivity (Wildman–Crippen MR) is 60.2 cm³/mol. The molecule has 0 atom stereocenters. The monoisotopic (exact) mass is 248 g/mol. The van der Waals surface area contributed by atoms with E-state index < -0.39 is 17.3 Å². The third kappa shape index (κ3) is 2.27. The van der Waals surface area contributed by atoms with Crippen LogP contribution in [0.5, 0.6) is 11.6 Å². The minimum Gasteiger partial charge on any atom is -0.478 e. The number of carboxylic acid groups (broad SMARTS) is 1. The molecule has 2 aromatic rings. The van der Waals surface area contributed by atoms with Crippen molar-refractivity contribution in [1.82, 2.24) is 9.97 Å². The third-order valence-electron chi connectivity index (χ3n) is 2.25. The van der Waals surface area contributed by atoms with Gasteiger partial charge in [0.1, 0.15) is 5.56 Å². The van der Waals surface area contributed by atoms with Crippen LogP contribution in [0.15, 0.2) is 30.6 Å². The van der Waals surface area contributed by atoms with Crippen LogP contribution in [0.3, 0.4) is 0 Å². The number of pyridine rings is 2. The lowest BCUT2D eigenvalue weighted by atomic mass is 10.2. The Labute approximate surface area is 102 Å². The zero-order chi connectivity index (χ0) is 13.1. The molecule has 0 saturated carbocycles. The summed E-state index contributed by atoms with van der Waals surface area (Å²) in [5.41, 5.74) is 0.0703. The number of halogens is 1. The number of carboxylic acids is 1. The van der Waals surface area contributed by atoms with E-state index in [0.29, 0.717) is 11.4 Å². The SMILES string of the molecule is Cc1ncccc1Oc1nccc(C(=O)O)c1F. The second-order valence-electron chi connectivity index (χ2n) is 3.47. The summed E-state index contributed by atoms with van der Waals surface area (Å²) in [6, 6.07) is 4.29. The minimum absolute atomic E-state index is 0.325. The molecule has 2 heterocycles. The van der Waals surface area contributed by atoms with Gasteiger partial charge in [0.05, 0.1) is 5.69 Å². The maximum absolute atomic E-state index is 13.8. The molecule has 1 N–H and O–H groups in total.